The van der Waals surface area contributed by atoms with Gasteiger partial charge < -0.3 is 10.4 Å². The Labute approximate surface area is 110 Å². The van der Waals surface area contributed by atoms with E-state index in [1.54, 1.807) is 12.1 Å². The molecular weight excluding hydrogens is 282 g/mol. The van der Waals surface area contributed by atoms with Crippen molar-refractivity contribution in [2.24, 2.45) is 0 Å². The lowest BCUT2D eigenvalue weighted by Crippen LogP contribution is -2.03. The number of benzene rings is 1. The summed E-state index contributed by atoms with van der Waals surface area (Å²) in [7, 11) is 0. The molecule has 94 valence electrons. The van der Waals surface area contributed by atoms with Crippen molar-refractivity contribution in [2.75, 3.05) is 11.9 Å². The van der Waals surface area contributed by atoms with Crippen molar-refractivity contribution in [3.8, 4) is 0 Å². The Hall–Kier alpha value is -1.03. The van der Waals surface area contributed by atoms with Crippen molar-refractivity contribution < 1.29 is 9.90 Å². The van der Waals surface area contributed by atoms with Crippen LogP contribution in [0.1, 0.15) is 43.0 Å². The van der Waals surface area contributed by atoms with Gasteiger partial charge in [-0.05, 0) is 40.5 Å². The van der Waals surface area contributed by atoms with Gasteiger partial charge in [0.05, 0.1) is 5.56 Å². The SMILES string of the molecule is CCCCCCNc1ccc(C(=O)O)c(Br)c1. The molecule has 2 N–H and O–H groups in total. The number of aromatic carboxylic acids is 1. The lowest BCUT2D eigenvalue weighted by Gasteiger charge is -2.07. The van der Waals surface area contributed by atoms with E-state index in [-0.39, 0.29) is 0 Å². The van der Waals surface area contributed by atoms with Crippen LogP contribution in [0.5, 0.6) is 0 Å². The minimum Gasteiger partial charge on any atom is -0.478 e. The van der Waals surface area contributed by atoms with Crippen LogP contribution >= 0.6 is 15.9 Å². The number of rotatable bonds is 7. The highest BCUT2D eigenvalue weighted by atomic mass is 79.9. The molecular formula is C13H18BrNO2. The summed E-state index contributed by atoms with van der Waals surface area (Å²) in [6, 6.07) is 5.22. The summed E-state index contributed by atoms with van der Waals surface area (Å²) in [4.78, 5) is 10.8. The van der Waals surface area contributed by atoms with E-state index in [4.69, 9.17) is 5.11 Å². The summed E-state index contributed by atoms with van der Waals surface area (Å²) in [6.07, 6.45) is 4.88. The molecule has 0 bridgehead atoms. The molecule has 0 heterocycles. The van der Waals surface area contributed by atoms with Crippen molar-refractivity contribution in [1.82, 2.24) is 0 Å². The number of unbranched alkanes of at least 4 members (excludes halogenated alkanes) is 3. The average Bonchev–Trinajstić information content (AvgIpc) is 2.28. The summed E-state index contributed by atoms with van der Waals surface area (Å²) in [5, 5.41) is 12.2. The van der Waals surface area contributed by atoms with Gasteiger partial charge in [-0.25, -0.2) is 4.79 Å². The number of hydrogen-bond acceptors (Lipinski definition) is 2. The highest BCUT2D eigenvalue weighted by Gasteiger charge is 2.07. The van der Waals surface area contributed by atoms with Crippen LogP contribution in [0.2, 0.25) is 0 Å². The van der Waals surface area contributed by atoms with Crippen molar-refractivity contribution >= 4 is 27.6 Å². The third-order valence-corrected chi connectivity index (χ3v) is 3.22. The van der Waals surface area contributed by atoms with Crippen LogP contribution in [0, 0.1) is 0 Å². The second-order valence-electron chi connectivity index (χ2n) is 3.99. The molecule has 0 radical (unpaired) electrons. The first kappa shape index (κ1) is 14.0. The summed E-state index contributed by atoms with van der Waals surface area (Å²) in [6.45, 7) is 3.12. The molecule has 4 heteroatoms. The third kappa shape index (κ3) is 4.77. The van der Waals surface area contributed by atoms with Crippen LogP contribution < -0.4 is 5.32 Å². The summed E-state index contributed by atoms with van der Waals surface area (Å²) in [5.74, 6) is -0.911. The zero-order valence-electron chi connectivity index (χ0n) is 10.0. The van der Waals surface area contributed by atoms with Crippen LogP contribution in [-0.4, -0.2) is 17.6 Å². The van der Waals surface area contributed by atoms with Crippen LogP contribution in [0.3, 0.4) is 0 Å². The van der Waals surface area contributed by atoms with Crippen LogP contribution in [0.4, 0.5) is 5.69 Å². The van der Waals surface area contributed by atoms with Crippen molar-refractivity contribution in [2.45, 2.75) is 32.6 Å². The third-order valence-electron chi connectivity index (χ3n) is 2.56. The molecule has 0 atom stereocenters. The fourth-order valence-corrected chi connectivity index (χ4v) is 2.13. The number of anilines is 1. The minimum absolute atomic E-state index is 0.293. The maximum Gasteiger partial charge on any atom is 0.336 e. The molecule has 1 aromatic rings. The van der Waals surface area contributed by atoms with Gasteiger partial charge in [0.1, 0.15) is 0 Å². The Balaban J connectivity index is 2.45. The zero-order valence-corrected chi connectivity index (χ0v) is 11.6. The normalized spacial score (nSPS) is 10.2. The smallest absolute Gasteiger partial charge is 0.336 e. The Morgan fingerprint density at radius 1 is 1.35 bits per heavy atom. The van der Waals surface area contributed by atoms with E-state index in [1.165, 1.54) is 19.3 Å². The van der Waals surface area contributed by atoms with Crippen LogP contribution in [-0.2, 0) is 0 Å². The van der Waals surface area contributed by atoms with Crippen molar-refractivity contribution in [3.05, 3.63) is 28.2 Å². The van der Waals surface area contributed by atoms with Gasteiger partial charge in [-0.2, -0.15) is 0 Å². The van der Waals surface area contributed by atoms with E-state index >= 15 is 0 Å². The first-order valence-electron chi connectivity index (χ1n) is 5.92. The van der Waals surface area contributed by atoms with Crippen LogP contribution in [0.25, 0.3) is 0 Å². The maximum atomic E-state index is 10.8. The van der Waals surface area contributed by atoms with Gasteiger partial charge in [-0.15, -0.1) is 0 Å². The molecule has 0 aliphatic heterocycles. The molecule has 17 heavy (non-hydrogen) atoms. The Bertz CT molecular complexity index is 380. The first-order valence-corrected chi connectivity index (χ1v) is 6.71. The molecule has 1 rings (SSSR count). The standard InChI is InChI=1S/C13H18BrNO2/c1-2-3-4-5-8-15-10-6-7-11(13(16)17)12(14)9-10/h6-7,9,15H,2-5,8H2,1H3,(H,16,17). The predicted molar refractivity (Wildman–Crippen MR) is 73.7 cm³/mol. The Morgan fingerprint density at radius 3 is 2.71 bits per heavy atom. The monoisotopic (exact) mass is 299 g/mol. The van der Waals surface area contributed by atoms with E-state index in [2.05, 4.69) is 28.2 Å². The number of carboxylic acid groups (broad SMARTS) is 1. The lowest BCUT2D eigenvalue weighted by atomic mass is 10.2. The highest BCUT2D eigenvalue weighted by molar-refractivity contribution is 9.10. The quantitative estimate of drug-likeness (QED) is 0.744. The van der Waals surface area contributed by atoms with Crippen molar-refractivity contribution in [3.63, 3.8) is 0 Å². The van der Waals surface area contributed by atoms with Crippen molar-refractivity contribution in [1.29, 1.82) is 0 Å². The van der Waals surface area contributed by atoms with E-state index in [0.29, 0.717) is 10.0 Å². The van der Waals surface area contributed by atoms with Gasteiger partial charge in [0.15, 0.2) is 0 Å². The lowest BCUT2D eigenvalue weighted by molar-refractivity contribution is 0.0696. The fraction of sp³-hybridized carbons (Fsp3) is 0.462. The molecule has 0 aliphatic carbocycles. The van der Waals surface area contributed by atoms with Gasteiger partial charge in [-0.3, -0.25) is 0 Å². The number of hydrogen-bond donors (Lipinski definition) is 2. The maximum absolute atomic E-state index is 10.8. The molecule has 1 aromatic carbocycles. The second-order valence-corrected chi connectivity index (χ2v) is 4.84. The predicted octanol–water partition coefficient (Wildman–Crippen LogP) is 4.14. The molecule has 0 fully saturated rings. The molecule has 0 saturated carbocycles. The zero-order chi connectivity index (χ0) is 12.7. The largest absolute Gasteiger partial charge is 0.478 e. The molecule has 0 unspecified atom stereocenters. The first-order chi connectivity index (χ1) is 8.15. The number of nitrogens with one attached hydrogen (secondary N) is 1. The molecule has 0 amide bonds. The Morgan fingerprint density at radius 2 is 2.12 bits per heavy atom. The highest BCUT2D eigenvalue weighted by Crippen LogP contribution is 2.21. The molecule has 0 saturated heterocycles. The summed E-state index contributed by atoms with van der Waals surface area (Å²) >= 11 is 3.26. The molecule has 0 spiro atoms. The van der Waals surface area contributed by atoms with Gasteiger partial charge in [0.2, 0.25) is 0 Å². The second kappa shape index (κ2) is 7.33. The van der Waals surface area contributed by atoms with Gasteiger partial charge in [0, 0.05) is 16.7 Å². The van der Waals surface area contributed by atoms with E-state index in [0.717, 1.165) is 18.7 Å². The average molecular weight is 300 g/mol. The number of carbonyl (C=O) groups is 1. The van der Waals surface area contributed by atoms with E-state index in [9.17, 15) is 4.79 Å². The molecule has 0 aliphatic rings. The van der Waals surface area contributed by atoms with Gasteiger partial charge >= 0.3 is 5.97 Å². The van der Waals surface area contributed by atoms with Crippen LogP contribution in [0.15, 0.2) is 22.7 Å². The minimum atomic E-state index is -0.911. The number of carboxylic acids is 1. The van der Waals surface area contributed by atoms with E-state index in [1.807, 2.05) is 6.07 Å². The van der Waals surface area contributed by atoms with Gasteiger partial charge in [-0.1, -0.05) is 26.2 Å². The number of halogens is 1. The topological polar surface area (TPSA) is 49.3 Å². The van der Waals surface area contributed by atoms with E-state index < -0.39 is 5.97 Å². The fourth-order valence-electron chi connectivity index (χ4n) is 1.58. The Kier molecular flexibility index (Phi) is 6.05. The summed E-state index contributed by atoms with van der Waals surface area (Å²) in [5.41, 5.74) is 1.25. The molecule has 3 nitrogen and oxygen atoms in total. The van der Waals surface area contributed by atoms with Gasteiger partial charge in [0.25, 0.3) is 0 Å². The molecule has 0 aromatic heterocycles. The summed E-state index contributed by atoms with van der Waals surface area (Å²) < 4.78 is 0.614.